The summed E-state index contributed by atoms with van der Waals surface area (Å²) in [6.07, 6.45) is 0. The minimum atomic E-state index is -0.809. The van der Waals surface area contributed by atoms with Crippen molar-refractivity contribution in [3.63, 3.8) is 0 Å². The quantitative estimate of drug-likeness (QED) is 0.794. The van der Waals surface area contributed by atoms with Crippen LogP contribution in [0.5, 0.6) is 0 Å². The van der Waals surface area contributed by atoms with Crippen molar-refractivity contribution in [2.45, 2.75) is 0 Å². The maximum atomic E-state index is 10.6. The van der Waals surface area contributed by atoms with E-state index in [-0.39, 0.29) is 6.54 Å². The Morgan fingerprint density at radius 2 is 2.06 bits per heavy atom. The molecule has 0 aromatic carbocycles. The number of aromatic nitrogens is 2. The summed E-state index contributed by atoms with van der Waals surface area (Å²) in [4.78, 5) is 14.5. The van der Waals surface area contributed by atoms with Crippen LogP contribution in [0.2, 0.25) is 5.15 Å². The fourth-order valence-electron chi connectivity index (χ4n) is 1.96. The van der Waals surface area contributed by atoms with E-state index in [1.165, 1.54) is 0 Å². The molecule has 1 aromatic rings. The molecule has 0 spiro atoms. The third-order valence-corrected chi connectivity index (χ3v) is 3.03. The van der Waals surface area contributed by atoms with Crippen LogP contribution in [0.4, 0.5) is 11.5 Å². The van der Waals surface area contributed by atoms with Crippen LogP contribution in [0, 0.1) is 0 Å². The predicted octanol–water partition coefficient (Wildman–Crippen LogP) is -0.0812. The van der Waals surface area contributed by atoms with Gasteiger partial charge in [-0.05, 0) is 0 Å². The zero-order chi connectivity index (χ0) is 13.1. The molecular formula is C10H14ClN5O2. The van der Waals surface area contributed by atoms with Gasteiger partial charge in [0, 0.05) is 32.2 Å². The van der Waals surface area contributed by atoms with Crippen molar-refractivity contribution in [1.29, 1.82) is 0 Å². The first-order chi connectivity index (χ1) is 8.56. The SMILES string of the molecule is Nc1nnc(Cl)cc1N1CCN(CC(=O)O)CC1. The maximum Gasteiger partial charge on any atom is 0.317 e. The monoisotopic (exact) mass is 271 g/mol. The summed E-state index contributed by atoms with van der Waals surface area (Å²) in [6, 6.07) is 1.68. The van der Waals surface area contributed by atoms with Gasteiger partial charge in [0.1, 0.15) is 0 Å². The van der Waals surface area contributed by atoms with Crippen LogP contribution in [0.3, 0.4) is 0 Å². The molecule has 98 valence electrons. The molecule has 7 nitrogen and oxygen atoms in total. The molecule has 1 aliphatic heterocycles. The second kappa shape index (κ2) is 5.36. The van der Waals surface area contributed by atoms with Crippen LogP contribution in [-0.4, -0.2) is 58.9 Å². The number of piperazine rings is 1. The summed E-state index contributed by atoms with van der Waals surface area (Å²) < 4.78 is 0. The largest absolute Gasteiger partial charge is 0.480 e. The lowest BCUT2D eigenvalue weighted by Gasteiger charge is -2.35. The van der Waals surface area contributed by atoms with Gasteiger partial charge in [0.2, 0.25) is 0 Å². The minimum Gasteiger partial charge on any atom is -0.480 e. The molecule has 3 N–H and O–H groups in total. The van der Waals surface area contributed by atoms with E-state index in [1.54, 1.807) is 6.07 Å². The second-order valence-electron chi connectivity index (χ2n) is 4.09. The zero-order valence-corrected chi connectivity index (χ0v) is 10.5. The highest BCUT2D eigenvalue weighted by molar-refractivity contribution is 6.29. The summed E-state index contributed by atoms with van der Waals surface area (Å²) in [5.74, 6) is -0.470. The van der Waals surface area contributed by atoms with Gasteiger partial charge in [-0.15, -0.1) is 10.2 Å². The van der Waals surface area contributed by atoms with E-state index in [0.29, 0.717) is 37.1 Å². The number of carboxylic acids is 1. The van der Waals surface area contributed by atoms with Gasteiger partial charge in [-0.3, -0.25) is 9.69 Å². The van der Waals surface area contributed by atoms with Gasteiger partial charge in [0.25, 0.3) is 0 Å². The van der Waals surface area contributed by atoms with Gasteiger partial charge in [0.05, 0.1) is 12.2 Å². The van der Waals surface area contributed by atoms with Gasteiger partial charge in [-0.25, -0.2) is 0 Å². The Morgan fingerprint density at radius 3 is 2.67 bits per heavy atom. The van der Waals surface area contributed by atoms with Crippen molar-refractivity contribution < 1.29 is 9.90 Å². The molecule has 0 aliphatic carbocycles. The molecule has 1 aliphatic rings. The molecule has 0 bridgehead atoms. The van der Waals surface area contributed by atoms with Gasteiger partial charge < -0.3 is 15.7 Å². The van der Waals surface area contributed by atoms with Gasteiger partial charge >= 0.3 is 5.97 Å². The van der Waals surface area contributed by atoms with Crippen LogP contribution in [0.1, 0.15) is 0 Å². The topological polar surface area (TPSA) is 95.6 Å². The molecule has 0 saturated carbocycles. The molecule has 18 heavy (non-hydrogen) atoms. The smallest absolute Gasteiger partial charge is 0.317 e. The molecule has 1 saturated heterocycles. The molecule has 2 heterocycles. The molecule has 8 heteroatoms. The number of nitrogen functional groups attached to an aromatic ring is 1. The minimum absolute atomic E-state index is 0.0681. The van der Waals surface area contributed by atoms with Gasteiger partial charge in [-0.1, -0.05) is 11.6 Å². The van der Waals surface area contributed by atoms with Crippen LogP contribution in [0.25, 0.3) is 0 Å². The predicted molar refractivity (Wildman–Crippen MR) is 67.7 cm³/mol. The fourth-order valence-corrected chi connectivity index (χ4v) is 2.10. The number of rotatable bonds is 3. The average Bonchev–Trinajstić information content (AvgIpc) is 2.33. The van der Waals surface area contributed by atoms with Crippen molar-refractivity contribution in [1.82, 2.24) is 15.1 Å². The number of nitrogens with two attached hydrogens (primary N) is 1. The van der Waals surface area contributed by atoms with E-state index in [9.17, 15) is 4.79 Å². The van der Waals surface area contributed by atoms with E-state index in [1.807, 2.05) is 9.80 Å². The summed E-state index contributed by atoms with van der Waals surface area (Å²) >= 11 is 5.79. The number of hydrogen-bond donors (Lipinski definition) is 2. The van der Waals surface area contributed by atoms with Crippen molar-refractivity contribution in [3.05, 3.63) is 11.2 Å². The Bertz CT molecular complexity index is 448. The van der Waals surface area contributed by atoms with Gasteiger partial charge in [-0.2, -0.15) is 0 Å². The molecule has 0 amide bonds. The van der Waals surface area contributed by atoms with Crippen LogP contribution in [0.15, 0.2) is 6.07 Å². The van der Waals surface area contributed by atoms with Gasteiger partial charge in [0.15, 0.2) is 11.0 Å². The summed E-state index contributed by atoms with van der Waals surface area (Å²) in [5.41, 5.74) is 6.51. The van der Waals surface area contributed by atoms with Crippen LogP contribution in [-0.2, 0) is 4.79 Å². The summed E-state index contributed by atoms with van der Waals surface area (Å²) in [5, 5.41) is 16.4. The Balaban J connectivity index is 2.01. The molecular weight excluding hydrogens is 258 g/mol. The lowest BCUT2D eigenvalue weighted by molar-refractivity contribution is -0.138. The molecule has 1 fully saturated rings. The fraction of sp³-hybridized carbons (Fsp3) is 0.500. The van der Waals surface area contributed by atoms with E-state index < -0.39 is 5.97 Å². The van der Waals surface area contributed by atoms with E-state index >= 15 is 0 Å². The Morgan fingerprint density at radius 1 is 1.39 bits per heavy atom. The first-order valence-electron chi connectivity index (χ1n) is 5.54. The number of hydrogen-bond acceptors (Lipinski definition) is 6. The molecule has 0 unspecified atom stereocenters. The number of nitrogens with zero attached hydrogens (tertiary/aromatic N) is 4. The normalized spacial score (nSPS) is 16.8. The number of anilines is 2. The first kappa shape index (κ1) is 12.8. The highest BCUT2D eigenvalue weighted by Crippen LogP contribution is 2.24. The maximum absolute atomic E-state index is 10.6. The Hall–Kier alpha value is -1.60. The van der Waals surface area contributed by atoms with E-state index in [2.05, 4.69) is 10.2 Å². The average molecular weight is 272 g/mol. The Labute approximate surface area is 109 Å². The van der Waals surface area contributed by atoms with Crippen LogP contribution < -0.4 is 10.6 Å². The molecule has 0 radical (unpaired) electrons. The lowest BCUT2D eigenvalue weighted by atomic mass is 10.2. The van der Waals surface area contributed by atoms with Crippen molar-refractivity contribution in [2.24, 2.45) is 0 Å². The highest BCUT2D eigenvalue weighted by Gasteiger charge is 2.20. The molecule has 0 atom stereocenters. The Kier molecular flexibility index (Phi) is 3.83. The van der Waals surface area contributed by atoms with Crippen molar-refractivity contribution >= 4 is 29.1 Å². The molecule has 2 rings (SSSR count). The summed E-state index contributed by atoms with van der Waals surface area (Å²) in [6.45, 7) is 2.80. The highest BCUT2D eigenvalue weighted by atomic mass is 35.5. The third kappa shape index (κ3) is 2.99. The van der Waals surface area contributed by atoms with Crippen LogP contribution >= 0.6 is 11.6 Å². The summed E-state index contributed by atoms with van der Waals surface area (Å²) in [7, 11) is 0. The standard InChI is InChI=1S/C10H14ClN5O2/c11-8-5-7(10(12)14-13-8)16-3-1-15(2-4-16)6-9(17)18/h5H,1-4,6H2,(H2,12,14)(H,17,18). The van der Waals surface area contributed by atoms with Crippen molar-refractivity contribution in [3.8, 4) is 0 Å². The van der Waals surface area contributed by atoms with E-state index in [4.69, 9.17) is 22.4 Å². The number of carboxylic acid groups (broad SMARTS) is 1. The number of carbonyl (C=O) groups is 1. The third-order valence-electron chi connectivity index (χ3n) is 2.84. The molecule has 1 aromatic heterocycles. The van der Waals surface area contributed by atoms with E-state index in [0.717, 1.165) is 5.69 Å². The second-order valence-corrected chi connectivity index (χ2v) is 4.48. The lowest BCUT2D eigenvalue weighted by Crippen LogP contribution is -2.48. The zero-order valence-electron chi connectivity index (χ0n) is 9.71. The first-order valence-corrected chi connectivity index (χ1v) is 5.92. The number of halogens is 1. The number of aliphatic carboxylic acids is 1. The van der Waals surface area contributed by atoms with Crippen molar-refractivity contribution in [2.75, 3.05) is 43.4 Å².